The molecule has 2 aromatic rings. The summed E-state index contributed by atoms with van der Waals surface area (Å²) in [4.78, 5) is 12.6. The first-order valence-electron chi connectivity index (χ1n) is 5.78. The van der Waals surface area contributed by atoms with Crippen LogP contribution in [0.25, 0.3) is 11.1 Å². The molecule has 4 heteroatoms. The first-order valence-corrected chi connectivity index (χ1v) is 6.16. The van der Waals surface area contributed by atoms with Crippen molar-refractivity contribution in [3.05, 3.63) is 41.2 Å². The Bertz CT molecular complexity index is 540. The van der Waals surface area contributed by atoms with Gasteiger partial charge in [0.25, 0.3) is 0 Å². The fraction of sp³-hybridized carbons (Fsp3) is 0.308. The van der Waals surface area contributed by atoms with Gasteiger partial charge in [0.2, 0.25) is 0 Å². The van der Waals surface area contributed by atoms with E-state index in [1.807, 2.05) is 18.5 Å². The van der Waals surface area contributed by atoms with E-state index in [9.17, 15) is 0 Å². The molecule has 3 rings (SSSR count). The highest BCUT2D eigenvalue weighted by Crippen LogP contribution is 2.31. The Morgan fingerprint density at radius 1 is 1.06 bits per heavy atom. The van der Waals surface area contributed by atoms with Gasteiger partial charge in [-0.1, -0.05) is 11.6 Å². The second-order valence-electron chi connectivity index (χ2n) is 4.25. The predicted molar refractivity (Wildman–Crippen MR) is 66.9 cm³/mol. The lowest BCUT2D eigenvalue weighted by molar-refractivity contribution is 0.669. The van der Waals surface area contributed by atoms with Gasteiger partial charge in [0.1, 0.15) is 11.5 Å². The van der Waals surface area contributed by atoms with Crippen molar-refractivity contribution in [1.29, 1.82) is 0 Å². The molecular weight excluding hydrogens is 234 g/mol. The van der Waals surface area contributed by atoms with Crippen LogP contribution in [0.15, 0.2) is 24.8 Å². The van der Waals surface area contributed by atoms with Crippen LogP contribution in [-0.2, 0) is 12.8 Å². The minimum absolute atomic E-state index is 0.560. The molecule has 0 bridgehead atoms. The third-order valence-corrected chi connectivity index (χ3v) is 3.33. The molecule has 0 atom stereocenters. The molecule has 3 nitrogen and oxygen atoms in total. The van der Waals surface area contributed by atoms with Gasteiger partial charge in [-0.25, -0.2) is 15.0 Å². The Labute approximate surface area is 105 Å². The van der Waals surface area contributed by atoms with E-state index in [4.69, 9.17) is 11.6 Å². The summed E-state index contributed by atoms with van der Waals surface area (Å²) in [6.07, 6.45) is 9.71. The van der Waals surface area contributed by atoms with Crippen LogP contribution in [0.5, 0.6) is 0 Å². The lowest BCUT2D eigenvalue weighted by atomic mass is 9.90. The summed E-state index contributed by atoms with van der Waals surface area (Å²) < 4.78 is 0. The molecule has 0 unspecified atom stereocenters. The molecule has 0 saturated heterocycles. The van der Waals surface area contributed by atoms with E-state index in [2.05, 4.69) is 15.0 Å². The molecule has 86 valence electrons. The van der Waals surface area contributed by atoms with E-state index >= 15 is 0 Å². The first kappa shape index (κ1) is 10.7. The largest absolute Gasteiger partial charge is 0.244 e. The highest BCUT2D eigenvalue weighted by atomic mass is 35.5. The van der Waals surface area contributed by atoms with Crippen molar-refractivity contribution in [1.82, 2.24) is 15.0 Å². The van der Waals surface area contributed by atoms with Crippen LogP contribution in [0.1, 0.15) is 24.1 Å². The van der Waals surface area contributed by atoms with Crippen molar-refractivity contribution >= 4 is 11.6 Å². The second-order valence-corrected chi connectivity index (χ2v) is 4.64. The summed E-state index contributed by atoms with van der Waals surface area (Å²) in [6, 6.07) is 1.92. The number of hydrogen-bond acceptors (Lipinski definition) is 3. The van der Waals surface area contributed by atoms with Crippen molar-refractivity contribution in [2.24, 2.45) is 0 Å². The van der Waals surface area contributed by atoms with Crippen molar-refractivity contribution < 1.29 is 0 Å². The van der Waals surface area contributed by atoms with Gasteiger partial charge in [-0.05, 0) is 42.9 Å². The summed E-state index contributed by atoms with van der Waals surface area (Å²) in [6.45, 7) is 0. The van der Waals surface area contributed by atoms with E-state index in [-0.39, 0.29) is 0 Å². The van der Waals surface area contributed by atoms with Gasteiger partial charge in [0.15, 0.2) is 0 Å². The van der Waals surface area contributed by atoms with Crippen LogP contribution in [0.4, 0.5) is 0 Å². The molecule has 0 aromatic carbocycles. The lowest BCUT2D eigenvalue weighted by Crippen LogP contribution is -2.07. The van der Waals surface area contributed by atoms with Crippen LogP contribution < -0.4 is 0 Å². The standard InChI is InChI=1S/C13H12ClN3/c14-13-5-11(9-6-15-8-16-7-9)10-3-1-2-4-12(10)17-13/h5-8H,1-4H2. The normalized spacial score (nSPS) is 14.4. The number of rotatable bonds is 1. The third-order valence-electron chi connectivity index (χ3n) is 3.14. The molecule has 0 fully saturated rings. The van der Waals surface area contributed by atoms with E-state index in [0.29, 0.717) is 5.15 Å². The number of fused-ring (bicyclic) bond motifs is 1. The minimum atomic E-state index is 0.560. The van der Waals surface area contributed by atoms with Gasteiger partial charge in [0.05, 0.1) is 0 Å². The highest BCUT2D eigenvalue weighted by molar-refractivity contribution is 6.29. The van der Waals surface area contributed by atoms with Crippen LogP contribution in [-0.4, -0.2) is 15.0 Å². The van der Waals surface area contributed by atoms with Gasteiger partial charge < -0.3 is 0 Å². The summed E-state index contributed by atoms with van der Waals surface area (Å²) >= 11 is 6.08. The second kappa shape index (κ2) is 4.41. The average molecular weight is 246 g/mol. The molecule has 0 N–H and O–H groups in total. The van der Waals surface area contributed by atoms with E-state index < -0.39 is 0 Å². The Balaban J connectivity index is 2.19. The predicted octanol–water partition coefficient (Wildman–Crippen LogP) is 3.07. The van der Waals surface area contributed by atoms with Crippen LogP contribution in [0, 0.1) is 0 Å². The van der Waals surface area contributed by atoms with Gasteiger partial charge in [-0.2, -0.15) is 0 Å². The quantitative estimate of drug-likeness (QED) is 0.725. The van der Waals surface area contributed by atoms with E-state index in [1.54, 1.807) is 6.33 Å². The zero-order chi connectivity index (χ0) is 11.7. The maximum absolute atomic E-state index is 6.08. The monoisotopic (exact) mass is 245 g/mol. The van der Waals surface area contributed by atoms with Crippen LogP contribution in [0.2, 0.25) is 5.15 Å². The summed E-state index contributed by atoms with van der Waals surface area (Å²) in [5.74, 6) is 0. The van der Waals surface area contributed by atoms with E-state index in [1.165, 1.54) is 18.4 Å². The Morgan fingerprint density at radius 2 is 1.82 bits per heavy atom. The molecule has 17 heavy (non-hydrogen) atoms. The molecule has 0 spiro atoms. The fourth-order valence-electron chi connectivity index (χ4n) is 2.37. The number of aromatic nitrogens is 3. The Hall–Kier alpha value is -1.48. The zero-order valence-corrected chi connectivity index (χ0v) is 10.1. The number of halogens is 1. The average Bonchev–Trinajstić information content (AvgIpc) is 2.39. The molecule has 2 heterocycles. The molecule has 1 aliphatic rings. The van der Waals surface area contributed by atoms with Gasteiger partial charge >= 0.3 is 0 Å². The molecular formula is C13H12ClN3. The van der Waals surface area contributed by atoms with E-state index in [0.717, 1.165) is 29.7 Å². The summed E-state index contributed by atoms with van der Waals surface area (Å²) in [5, 5.41) is 0.560. The van der Waals surface area contributed by atoms with Crippen molar-refractivity contribution in [2.75, 3.05) is 0 Å². The number of nitrogens with zero attached hydrogens (tertiary/aromatic N) is 3. The summed E-state index contributed by atoms with van der Waals surface area (Å²) in [7, 11) is 0. The Morgan fingerprint density at radius 3 is 2.65 bits per heavy atom. The first-order chi connectivity index (χ1) is 8.34. The maximum atomic E-state index is 6.08. The molecule has 0 saturated carbocycles. The lowest BCUT2D eigenvalue weighted by Gasteiger charge is -2.18. The minimum Gasteiger partial charge on any atom is -0.244 e. The van der Waals surface area contributed by atoms with Crippen LogP contribution >= 0.6 is 11.6 Å². The van der Waals surface area contributed by atoms with Crippen molar-refractivity contribution in [3.8, 4) is 11.1 Å². The molecule has 2 aromatic heterocycles. The molecule has 1 aliphatic carbocycles. The van der Waals surface area contributed by atoms with Crippen molar-refractivity contribution in [3.63, 3.8) is 0 Å². The van der Waals surface area contributed by atoms with Gasteiger partial charge in [0, 0.05) is 23.7 Å². The topological polar surface area (TPSA) is 38.7 Å². The molecule has 0 amide bonds. The molecule has 0 radical (unpaired) electrons. The van der Waals surface area contributed by atoms with Gasteiger partial charge in [-0.3, -0.25) is 0 Å². The molecule has 0 aliphatic heterocycles. The summed E-state index contributed by atoms with van der Waals surface area (Å²) in [5.41, 5.74) is 4.62. The fourth-order valence-corrected chi connectivity index (χ4v) is 2.58. The maximum Gasteiger partial charge on any atom is 0.129 e. The Kier molecular flexibility index (Phi) is 2.77. The third kappa shape index (κ3) is 2.03. The SMILES string of the molecule is Clc1cc(-c2cncnc2)c2c(n1)CCCC2. The smallest absolute Gasteiger partial charge is 0.129 e. The van der Waals surface area contributed by atoms with Gasteiger partial charge in [-0.15, -0.1) is 0 Å². The zero-order valence-electron chi connectivity index (χ0n) is 9.36. The van der Waals surface area contributed by atoms with Crippen molar-refractivity contribution in [2.45, 2.75) is 25.7 Å². The highest BCUT2D eigenvalue weighted by Gasteiger charge is 2.17. The van der Waals surface area contributed by atoms with Crippen LogP contribution in [0.3, 0.4) is 0 Å². The number of pyridine rings is 1. The number of aryl methyl sites for hydroxylation is 1. The number of hydrogen-bond donors (Lipinski definition) is 0.